The van der Waals surface area contributed by atoms with Crippen LogP contribution in [0.3, 0.4) is 0 Å². The van der Waals surface area contributed by atoms with Crippen LogP contribution < -0.4 is 5.32 Å². The standard InChI is InChI=1S/C13H13N3O3/c1-19-11(17)6-8-7-16-10-5-3-2-4-9(10)14-13(16)15-12(8)18/h2-5,8H,6-7H2,1H3,(H,14,15,18). The third-order valence-corrected chi connectivity index (χ3v) is 3.30. The highest BCUT2D eigenvalue weighted by Gasteiger charge is 2.30. The lowest BCUT2D eigenvalue weighted by atomic mass is 10.0. The molecule has 0 bridgehead atoms. The molecule has 0 spiro atoms. The summed E-state index contributed by atoms with van der Waals surface area (Å²) in [5, 5.41) is 2.73. The van der Waals surface area contributed by atoms with Gasteiger partial charge in [-0.05, 0) is 12.1 Å². The van der Waals surface area contributed by atoms with Gasteiger partial charge in [-0.15, -0.1) is 0 Å². The summed E-state index contributed by atoms with van der Waals surface area (Å²) in [7, 11) is 1.32. The summed E-state index contributed by atoms with van der Waals surface area (Å²) >= 11 is 0. The third-order valence-electron chi connectivity index (χ3n) is 3.30. The number of ether oxygens (including phenoxy) is 1. The fourth-order valence-corrected chi connectivity index (χ4v) is 2.31. The average molecular weight is 259 g/mol. The quantitative estimate of drug-likeness (QED) is 0.821. The molecule has 1 atom stereocenters. The number of fused-ring (bicyclic) bond motifs is 3. The van der Waals surface area contributed by atoms with Crippen molar-refractivity contribution in [3.05, 3.63) is 24.3 Å². The molecule has 6 heteroatoms. The molecule has 0 fully saturated rings. The molecule has 1 aromatic carbocycles. The molecule has 1 aliphatic heterocycles. The van der Waals surface area contributed by atoms with Gasteiger partial charge in [0.1, 0.15) is 0 Å². The number of hydrogen-bond acceptors (Lipinski definition) is 4. The van der Waals surface area contributed by atoms with Gasteiger partial charge in [-0.1, -0.05) is 12.1 Å². The van der Waals surface area contributed by atoms with E-state index < -0.39 is 5.92 Å². The fraction of sp³-hybridized carbons (Fsp3) is 0.308. The second-order valence-corrected chi connectivity index (χ2v) is 4.50. The molecule has 1 N–H and O–H groups in total. The fourth-order valence-electron chi connectivity index (χ4n) is 2.31. The van der Waals surface area contributed by atoms with Gasteiger partial charge in [-0.3, -0.25) is 14.9 Å². The molecule has 3 rings (SSSR count). The van der Waals surface area contributed by atoms with Gasteiger partial charge in [0.25, 0.3) is 0 Å². The molecular formula is C13H13N3O3. The van der Waals surface area contributed by atoms with E-state index in [1.165, 1.54) is 7.11 Å². The molecule has 0 saturated heterocycles. The minimum absolute atomic E-state index is 0.0777. The van der Waals surface area contributed by atoms with Crippen LogP contribution in [-0.2, 0) is 20.9 Å². The van der Waals surface area contributed by atoms with Crippen molar-refractivity contribution in [3.8, 4) is 0 Å². The van der Waals surface area contributed by atoms with E-state index in [0.29, 0.717) is 12.5 Å². The number of carbonyl (C=O) groups is 2. The Hall–Kier alpha value is -2.37. The van der Waals surface area contributed by atoms with E-state index >= 15 is 0 Å². The lowest BCUT2D eigenvalue weighted by Crippen LogP contribution is -2.35. The molecule has 19 heavy (non-hydrogen) atoms. The van der Waals surface area contributed by atoms with Crippen molar-refractivity contribution < 1.29 is 14.3 Å². The van der Waals surface area contributed by atoms with E-state index in [0.717, 1.165) is 11.0 Å². The van der Waals surface area contributed by atoms with E-state index in [9.17, 15) is 9.59 Å². The highest BCUT2D eigenvalue weighted by atomic mass is 16.5. The molecule has 1 aliphatic rings. The van der Waals surface area contributed by atoms with E-state index in [2.05, 4.69) is 15.0 Å². The van der Waals surface area contributed by atoms with Crippen LogP contribution in [0.4, 0.5) is 5.95 Å². The topological polar surface area (TPSA) is 73.2 Å². The van der Waals surface area contributed by atoms with Crippen molar-refractivity contribution in [2.24, 2.45) is 5.92 Å². The van der Waals surface area contributed by atoms with Gasteiger partial charge in [-0.25, -0.2) is 4.98 Å². The molecule has 6 nitrogen and oxygen atoms in total. The number of anilines is 1. The number of imidazole rings is 1. The van der Waals surface area contributed by atoms with Crippen molar-refractivity contribution in [1.29, 1.82) is 0 Å². The monoisotopic (exact) mass is 259 g/mol. The molecule has 2 heterocycles. The minimum Gasteiger partial charge on any atom is -0.469 e. The summed E-state index contributed by atoms with van der Waals surface area (Å²) in [4.78, 5) is 27.6. The lowest BCUT2D eigenvalue weighted by molar-refractivity contribution is -0.143. The average Bonchev–Trinajstić information content (AvgIpc) is 2.76. The first kappa shape index (κ1) is 11.7. The largest absolute Gasteiger partial charge is 0.469 e. The first-order valence-electron chi connectivity index (χ1n) is 6.02. The maximum atomic E-state index is 11.9. The van der Waals surface area contributed by atoms with Crippen molar-refractivity contribution in [2.45, 2.75) is 13.0 Å². The van der Waals surface area contributed by atoms with Gasteiger partial charge >= 0.3 is 5.97 Å². The van der Waals surface area contributed by atoms with Gasteiger partial charge in [0, 0.05) is 6.54 Å². The predicted octanol–water partition coefficient (Wildman–Crippen LogP) is 1.17. The van der Waals surface area contributed by atoms with Gasteiger partial charge in [-0.2, -0.15) is 0 Å². The van der Waals surface area contributed by atoms with E-state index in [1.807, 2.05) is 28.8 Å². The Kier molecular flexibility index (Phi) is 2.70. The summed E-state index contributed by atoms with van der Waals surface area (Å²) in [6.45, 7) is 0.441. The number of carbonyl (C=O) groups excluding carboxylic acids is 2. The maximum absolute atomic E-state index is 11.9. The highest BCUT2D eigenvalue weighted by Crippen LogP contribution is 2.26. The van der Waals surface area contributed by atoms with Crippen molar-refractivity contribution >= 4 is 28.9 Å². The summed E-state index contributed by atoms with van der Waals surface area (Å²) in [6.07, 6.45) is 0.0777. The van der Waals surface area contributed by atoms with Crippen molar-refractivity contribution in [3.63, 3.8) is 0 Å². The number of amides is 1. The predicted molar refractivity (Wildman–Crippen MR) is 68.5 cm³/mol. The minimum atomic E-state index is -0.419. The Balaban J connectivity index is 1.96. The number of hydrogen-bond donors (Lipinski definition) is 1. The summed E-state index contributed by atoms with van der Waals surface area (Å²) in [5.74, 6) is -0.453. The molecule has 0 aliphatic carbocycles. The number of esters is 1. The first-order chi connectivity index (χ1) is 9.19. The summed E-state index contributed by atoms with van der Waals surface area (Å²) < 4.78 is 6.54. The molecule has 0 saturated carbocycles. The van der Waals surface area contributed by atoms with Gasteiger partial charge in [0.05, 0.1) is 30.5 Å². The van der Waals surface area contributed by atoms with Crippen LogP contribution >= 0.6 is 0 Å². The van der Waals surface area contributed by atoms with Crippen LogP contribution in [0, 0.1) is 5.92 Å². The Morgan fingerprint density at radius 2 is 2.32 bits per heavy atom. The van der Waals surface area contributed by atoms with Crippen molar-refractivity contribution in [1.82, 2.24) is 9.55 Å². The van der Waals surface area contributed by atoms with E-state index in [4.69, 9.17) is 0 Å². The molecule has 1 amide bonds. The van der Waals surface area contributed by atoms with Crippen LogP contribution in [0.1, 0.15) is 6.42 Å². The Bertz CT molecular complexity index is 662. The molecular weight excluding hydrogens is 246 g/mol. The van der Waals surface area contributed by atoms with Crippen LogP contribution in [0.25, 0.3) is 11.0 Å². The number of nitrogens with one attached hydrogen (secondary N) is 1. The first-order valence-corrected chi connectivity index (χ1v) is 6.02. The van der Waals surface area contributed by atoms with Crippen molar-refractivity contribution in [2.75, 3.05) is 12.4 Å². The van der Waals surface area contributed by atoms with Gasteiger partial charge in [0.15, 0.2) is 0 Å². The SMILES string of the molecule is COC(=O)CC1Cn2c(nc3ccccc32)NC1=O. The molecule has 0 radical (unpaired) electrons. The molecule has 1 aromatic heterocycles. The maximum Gasteiger partial charge on any atom is 0.306 e. The Morgan fingerprint density at radius 3 is 3.11 bits per heavy atom. The van der Waals surface area contributed by atoms with Crippen LogP contribution in [0.15, 0.2) is 24.3 Å². The second kappa shape index (κ2) is 4.38. The van der Waals surface area contributed by atoms with E-state index in [-0.39, 0.29) is 18.3 Å². The zero-order valence-corrected chi connectivity index (χ0v) is 10.4. The lowest BCUT2D eigenvalue weighted by Gasteiger charge is -2.23. The molecule has 2 aromatic rings. The van der Waals surface area contributed by atoms with Crippen LogP contribution in [0.5, 0.6) is 0 Å². The zero-order valence-electron chi connectivity index (χ0n) is 10.4. The number of nitrogens with zero attached hydrogens (tertiary/aromatic N) is 2. The third kappa shape index (κ3) is 1.95. The Morgan fingerprint density at radius 1 is 1.53 bits per heavy atom. The zero-order chi connectivity index (χ0) is 13.4. The number of para-hydroxylation sites is 2. The number of methoxy groups -OCH3 is 1. The molecule has 98 valence electrons. The van der Waals surface area contributed by atoms with Crippen LogP contribution in [-0.4, -0.2) is 28.5 Å². The number of benzene rings is 1. The normalized spacial score (nSPS) is 17.9. The smallest absolute Gasteiger partial charge is 0.306 e. The number of aromatic nitrogens is 2. The second-order valence-electron chi connectivity index (χ2n) is 4.50. The van der Waals surface area contributed by atoms with Crippen LogP contribution in [0.2, 0.25) is 0 Å². The summed E-state index contributed by atoms with van der Waals surface area (Å²) in [6, 6.07) is 7.65. The van der Waals surface area contributed by atoms with E-state index in [1.54, 1.807) is 0 Å². The van der Waals surface area contributed by atoms with Gasteiger partial charge < -0.3 is 9.30 Å². The molecule has 1 unspecified atom stereocenters. The Labute approximate surface area is 109 Å². The summed E-state index contributed by atoms with van der Waals surface area (Å²) in [5.41, 5.74) is 1.78. The number of rotatable bonds is 2. The van der Waals surface area contributed by atoms with Gasteiger partial charge in [0.2, 0.25) is 11.9 Å². The highest BCUT2D eigenvalue weighted by molar-refractivity contribution is 5.96.